The number of hydrogen-bond acceptors (Lipinski definition) is 2. The number of benzene rings is 1. The molecule has 0 aliphatic carbocycles. The highest BCUT2D eigenvalue weighted by Crippen LogP contribution is 2.24. The van der Waals surface area contributed by atoms with Gasteiger partial charge in [-0.15, -0.1) is 0 Å². The van der Waals surface area contributed by atoms with Gasteiger partial charge in [0.1, 0.15) is 0 Å². The summed E-state index contributed by atoms with van der Waals surface area (Å²) >= 11 is 8.13. The number of hydrogen-bond donors (Lipinski definition) is 3. The Morgan fingerprint density at radius 1 is 1.59 bits per heavy atom. The minimum Gasteiger partial charge on any atom is -0.375 e. The molecule has 0 saturated heterocycles. The fourth-order valence-electron chi connectivity index (χ4n) is 1.65. The zero-order valence-corrected chi connectivity index (χ0v) is 11.5. The van der Waals surface area contributed by atoms with Gasteiger partial charge in [-0.05, 0) is 37.3 Å². The molecule has 6 heteroatoms. The molecule has 1 aromatic heterocycles. The van der Waals surface area contributed by atoms with E-state index in [1.54, 1.807) is 6.21 Å². The average Bonchev–Trinajstić information content (AvgIpc) is 2.55. The van der Waals surface area contributed by atoms with Crippen molar-refractivity contribution < 1.29 is 0 Å². The largest absolute Gasteiger partial charge is 0.375 e. The molecule has 88 valence electrons. The third-order valence-electron chi connectivity index (χ3n) is 2.37. The molecule has 0 unspecified atom stereocenters. The number of aromatic amines is 1. The second kappa shape index (κ2) is 4.85. The van der Waals surface area contributed by atoms with E-state index in [1.165, 1.54) is 0 Å². The number of fused-ring (bicyclic) bond motifs is 1. The first kappa shape index (κ1) is 12.1. The van der Waals surface area contributed by atoms with Crippen LogP contribution in [-0.4, -0.2) is 16.3 Å². The van der Waals surface area contributed by atoms with Gasteiger partial charge in [-0.25, -0.2) is 0 Å². The van der Waals surface area contributed by atoms with Crippen LogP contribution in [0.3, 0.4) is 0 Å². The summed E-state index contributed by atoms with van der Waals surface area (Å²) in [7, 11) is 0. The summed E-state index contributed by atoms with van der Waals surface area (Å²) < 4.78 is 1.03. The van der Waals surface area contributed by atoms with Crippen LogP contribution in [0.4, 0.5) is 0 Å². The molecular weight excluding hydrogens is 300 g/mol. The fourth-order valence-corrected chi connectivity index (χ4v) is 2.06. The quantitative estimate of drug-likeness (QED) is 0.453. The van der Waals surface area contributed by atoms with E-state index < -0.39 is 0 Å². The van der Waals surface area contributed by atoms with Crippen molar-refractivity contribution in [2.24, 2.45) is 10.8 Å². The number of nitrogens with two attached hydrogens (primary N) is 1. The van der Waals surface area contributed by atoms with Gasteiger partial charge in [0.25, 0.3) is 0 Å². The topological polar surface area (TPSA) is 66.2 Å². The van der Waals surface area contributed by atoms with Crippen molar-refractivity contribution in [3.63, 3.8) is 0 Å². The van der Waals surface area contributed by atoms with Crippen molar-refractivity contribution >= 4 is 50.4 Å². The normalized spacial score (nSPS) is 11.2. The maximum absolute atomic E-state index is 5.30. The molecule has 4 N–H and O–H groups in total. The molecule has 1 aromatic carbocycles. The van der Waals surface area contributed by atoms with Crippen LogP contribution in [0.1, 0.15) is 11.3 Å². The van der Waals surface area contributed by atoms with Gasteiger partial charge in [0.05, 0.1) is 6.21 Å². The number of aromatic nitrogens is 1. The van der Waals surface area contributed by atoms with E-state index >= 15 is 0 Å². The van der Waals surface area contributed by atoms with Crippen LogP contribution < -0.4 is 11.2 Å². The molecule has 0 amide bonds. The SMILES string of the molecule is Cc1[nH]c2ccc(Br)cc2c1C=NNC(N)=S. The molecule has 0 atom stereocenters. The van der Waals surface area contributed by atoms with E-state index in [-0.39, 0.29) is 5.11 Å². The summed E-state index contributed by atoms with van der Waals surface area (Å²) in [5.74, 6) is 0. The summed E-state index contributed by atoms with van der Waals surface area (Å²) in [4.78, 5) is 3.29. The van der Waals surface area contributed by atoms with Crippen molar-refractivity contribution in [3.8, 4) is 0 Å². The molecule has 2 rings (SSSR count). The van der Waals surface area contributed by atoms with Crippen LogP contribution in [0.15, 0.2) is 27.8 Å². The first-order valence-electron chi connectivity index (χ1n) is 4.94. The summed E-state index contributed by atoms with van der Waals surface area (Å²) in [6.07, 6.45) is 1.71. The lowest BCUT2D eigenvalue weighted by Crippen LogP contribution is -2.24. The van der Waals surface area contributed by atoms with Crippen LogP contribution in [0.2, 0.25) is 0 Å². The number of aryl methyl sites for hydroxylation is 1. The second-order valence-electron chi connectivity index (χ2n) is 3.59. The van der Waals surface area contributed by atoms with Gasteiger partial charge in [0.15, 0.2) is 5.11 Å². The Kier molecular flexibility index (Phi) is 3.44. The minimum atomic E-state index is 0.153. The lowest BCUT2D eigenvalue weighted by atomic mass is 10.1. The lowest BCUT2D eigenvalue weighted by molar-refractivity contribution is 1.04. The Hall–Kier alpha value is -1.40. The van der Waals surface area contributed by atoms with Crippen molar-refractivity contribution in [1.82, 2.24) is 10.4 Å². The Labute approximate surface area is 112 Å². The highest BCUT2D eigenvalue weighted by atomic mass is 79.9. The average molecular weight is 311 g/mol. The molecule has 2 aromatic rings. The molecule has 0 fully saturated rings. The number of H-pyrrole nitrogens is 1. The van der Waals surface area contributed by atoms with Crippen LogP contribution in [0.25, 0.3) is 10.9 Å². The van der Waals surface area contributed by atoms with Crippen LogP contribution >= 0.6 is 28.1 Å². The van der Waals surface area contributed by atoms with Crippen LogP contribution in [0, 0.1) is 6.92 Å². The predicted molar refractivity (Wildman–Crippen MR) is 78.3 cm³/mol. The van der Waals surface area contributed by atoms with Gasteiger partial charge in [-0.2, -0.15) is 5.10 Å². The lowest BCUT2D eigenvalue weighted by Gasteiger charge is -1.96. The van der Waals surface area contributed by atoms with E-state index in [2.05, 4.69) is 43.7 Å². The van der Waals surface area contributed by atoms with Gasteiger partial charge in [0.2, 0.25) is 0 Å². The first-order chi connectivity index (χ1) is 8.08. The first-order valence-corrected chi connectivity index (χ1v) is 6.14. The van der Waals surface area contributed by atoms with E-state index in [1.807, 2.05) is 25.1 Å². The third kappa shape index (κ3) is 2.65. The molecule has 4 nitrogen and oxygen atoms in total. The molecule has 0 radical (unpaired) electrons. The zero-order chi connectivity index (χ0) is 12.4. The molecule has 17 heavy (non-hydrogen) atoms. The van der Waals surface area contributed by atoms with Crippen molar-refractivity contribution in [2.75, 3.05) is 0 Å². The van der Waals surface area contributed by atoms with Crippen molar-refractivity contribution in [1.29, 1.82) is 0 Å². The van der Waals surface area contributed by atoms with Crippen molar-refractivity contribution in [3.05, 3.63) is 33.9 Å². The number of rotatable bonds is 2. The second-order valence-corrected chi connectivity index (χ2v) is 4.94. The molecule has 0 aliphatic heterocycles. The zero-order valence-electron chi connectivity index (χ0n) is 9.12. The molecule has 0 aliphatic rings. The maximum atomic E-state index is 5.30. The summed E-state index contributed by atoms with van der Waals surface area (Å²) in [5, 5.41) is 5.23. The van der Waals surface area contributed by atoms with Gasteiger partial charge in [0, 0.05) is 26.6 Å². The van der Waals surface area contributed by atoms with Crippen LogP contribution in [0.5, 0.6) is 0 Å². The summed E-state index contributed by atoms with van der Waals surface area (Å²) in [5.41, 5.74) is 11.0. The van der Waals surface area contributed by atoms with Crippen LogP contribution in [-0.2, 0) is 0 Å². The maximum Gasteiger partial charge on any atom is 0.184 e. The Morgan fingerprint density at radius 3 is 3.06 bits per heavy atom. The molecular formula is C11H11BrN4S. The highest BCUT2D eigenvalue weighted by Gasteiger charge is 2.06. The van der Waals surface area contributed by atoms with Gasteiger partial charge >= 0.3 is 0 Å². The third-order valence-corrected chi connectivity index (χ3v) is 2.95. The monoisotopic (exact) mass is 310 g/mol. The number of nitrogens with zero attached hydrogens (tertiary/aromatic N) is 1. The summed E-state index contributed by atoms with van der Waals surface area (Å²) in [6, 6.07) is 6.05. The smallest absolute Gasteiger partial charge is 0.184 e. The number of thiocarbonyl (C=S) groups is 1. The fraction of sp³-hybridized carbons (Fsp3) is 0.0909. The van der Waals surface area contributed by atoms with E-state index in [4.69, 9.17) is 5.73 Å². The predicted octanol–water partition coefficient (Wildman–Crippen LogP) is 2.41. The highest BCUT2D eigenvalue weighted by molar-refractivity contribution is 9.10. The minimum absolute atomic E-state index is 0.153. The standard InChI is InChI=1S/C11H11BrN4S/c1-6-9(5-14-16-11(13)17)8-4-7(12)2-3-10(8)15-6/h2-5,15H,1H3,(H3,13,16,17). The molecule has 0 saturated carbocycles. The summed E-state index contributed by atoms with van der Waals surface area (Å²) in [6.45, 7) is 2.00. The van der Waals surface area contributed by atoms with Gasteiger partial charge in [-0.1, -0.05) is 15.9 Å². The van der Waals surface area contributed by atoms with Crippen molar-refractivity contribution in [2.45, 2.75) is 6.92 Å². The van der Waals surface area contributed by atoms with E-state index in [0.29, 0.717) is 0 Å². The van der Waals surface area contributed by atoms with Gasteiger partial charge in [-0.3, -0.25) is 5.43 Å². The molecule has 0 spiro atoms. The molecule has 1 heterocycles. The number of halogens is 1. The Bertz CT molecular complexity index is 603. The molecule has 0 bridgehead atoms. The van der Waals surface area contributed by atoms with Gasteiger partial charge < -0.3 is 10.7 Å². The van der Waals surface area contributed by atoms with E-state index in [9.17, 15) is 0 Å². The number of nitrogens with one attached hydrogen (secondary N) is 2. The number of hydrazone groups is 1. The van der Waals surface area contributed by atoms with E-state index in [0.717, 1.165) is 26.6 Å². The Balaban J connectivity index is 2.45. The Morgan fingerprint density at radius 2 is 2.35 bits per heavy atom.